The van der Waals surface area contributed by atoms with Gasteiger partial charge in [-0.15, -0.1) is 0 Å². The van der Waals surface area contributed by atoms with Crippen molar-refractivity contribution in [2.45, 2.75) is 12.5 Å². The van der Waals surface area contributed by atoms with Crippen molar-refractivity contribution in [1.29, 1.82) is 0 Å². The number of aliphatic hydroxyl groups is 2. The largest absolute Gasteiger partial charge is 0.395 e. The van der Waals surface area contributed by atoms with Gasteiger partial charge in [0.2, 0.25) is 0 Å². The number of likely N-dealkylation sites (N-methyl/N-ethyl adjacent to an activating group) is 1. The minimum atomic E-state index is -0.424. The Bertz CT molecular complexity index is 358. The first-order valence-electron chi connectivity index (χ1n) is 5.44. The van der Waals surface area contributed by atoms with Crippen LogP contribution in [0.3, 0.4) is 0 Å². The molecular formula is C12H17ClFNO2. The van der Waals surface area contributed by atoms with Crippen molar-refractivity contribution in [2.75, 3.05) is 26.8 Å². The zero-order valence-corrected chi connectivity index (χ0v) is 10.5. The van der Waals surface area contributed by atoms with Gasteiger partial charge in [-0.2, -0.15) is 0 Å². The molecule has 2 N–H and O–H groups in total. The molecule has 0 heterocycles. The minimum Gasteiger partial charge on any atom is -0.395 e. The molecule has 1 rings (SSSR count). The molecule has 17 heavy (non-hydrogen) atoms. The van der Waals surface area contributed by atoms with E-state index in [0.717, 1.165) is 5.56 Å². The summed E-state index contributed by atoms with van der Waals surface area (Å²) in [6.07, 6.45) is 0.687. The van der Waals surface area contributed by atoms with Gasteiger partial charge in [0, 0.05) is 6.54 Å². The average molecular weight is 262 g/mol. The van der Waals surface area contributed by atoms with Crippen LogP contribution in [-0.2, 0) is 6.42 Å². The molecule has 0 atom stereocenters. The van der Waals surface area contributed by atoms with E-state index in [9.17, 15) is 4.39 Å². The van der Waals surface area contributed by atoms with Crippen molar-refractivity contribution in [3.8, 4) is 0 Å². The van der Waals surface area contributed by atoms with Crippen molar-refractivity contribution in [3.63, 3.8) is 0 Å². The fourth-order valence-corrected chi connectivity index (χ4v) is 1.72. The van der Waals surface area contributed by atoms with Crippen LogP contribution in [-0.4, -0.2) is 48.0 Å². The molecule has 3 nitrogen and oxygen atoms in total. The van der Waals surface area contributed by atoms with Gasteiger partial charge in [0.15, 0.2) is 0 Å². The Morgan fingerprint density at radius 2 is 2.00 bits per heavy atom. The van der Waals surface area contributed by atoms with Gasteiger partial charge in [-0.1, -0.05) is 17.7 Å². The predicted molar refractivity (Wildman–Crippen MR) is 65.7 cm³/mol. The molecule has 1 aromatic rings. The number of nitrogens with zero attached hydrogens (tertiary/aromatic N) is 1. The first-order chi connectivity index (χ1) is 8.08. The van der Waals surface area contributed by atoms with Gasteiger partial charge >= 0.3 is 0 Å². The summed E-state index contributed by atoms with van der Waals surface area (Å²) >= 11 is 5.68. The van der Waals surface area contributed by atoms with E-state index in [1.165, 1.54) is 6.07 Å². The maximum Gasteiger partial charge on any atom is 0.141 e. The van der Waals surface area contributed by atoms with Crippen molar-refractivity contribution in [1.82, 2.24) is 4.90 Å². The van der Waals surface area contributed by atoms with Crippen LogP contribution in [0.4, 0.5) is 4.39 Å². The van der Waals surface area contributed by atoms with Gasteiger partial charge in [0.1, 0.15) is 5.82 Å². The first-order valence-corrected chi connectivity index (χ1v) is 5.82. The molecule has 0 amide bonds. The third-order valence-corrected chi connectivity index (χ3v) is 3.07. The zero-order valence-electron chi connectivity index (χ0n) is 9.74. The molecule has 0 unspecified atom stereocenters. The Kier molecular flexibility index (Phi) is 5.85. The number of hydrogen-bond donors (Lipinski definition) is 2. The fraction of sp³-hybridized carbons (Fsp3) is 0.500. The monoisotopic (exact) mass is 261 g/mol. The van der Waals surface area contributed by atoms with Crippen LogP contribution in [0.15, 0.2) is 18.2 Å². The lowest BCUT2D eigenvalue weighted by atomic mass is 10.1. The maximum atomic E-state index is 12.9. The standard InChI is InChI=1S/C12H17ClFNO2/c1-15(10(7-16)8-17)5-4-9-2-3-12(14)11(13)6-9/h2-3,6,10,16-17H,4-5,7-8H2,1H3. The van der Waals surface area contributed by atoms with Gasteiger partial charge in [-0.3, -0.25) is 4.90 Å². The molecule has 1 aromatic carbocycles. The third-order valence-electron chi connectivity index (χ3n) is 2.78. The molecule has 0 aliphatic carbocycles. The number of benzene rings is 1. The quantitative estimate of drug-likeness (QED) is 0.812. The van der Waals surface area contributed by atoms with Crippen LogP contribution in [0, 0.1) is 5.82 Å². The van der Waals surface area contributed by atoms with Crippen molar-refractivity contribution in [3.05, 3.63) is 34.6 Å². The average Bonchev–Trinajstić information content (AvgIpc) is 2.32. The van der Waals surface area contributed by atoms with Gasteiger partial charge in [0.25, 0.3) is 0 Å². The van der Waals surface area contributed by atoms with Gasteiger partial charge < -0.3 is 10.2 Å². The van der Waals surface area contributed by atoms with E-state index in [1.54, 1.807) is 12.1 Å². The van der Waals surface area contributed by atoms with E-state index in [4.69, 9.17) is 21.8 Å². The zero-order chi connectivity index (χ0) is 12.8. The predicted octanol–water partition coefficient (Wildman–Crippen LogP) is 1.31. The molecular weight excluding hydrogens is 245 g/mol. The smallest absolute Gasteiger partial charge is 0.141 e. The highest BCUT2D eigenvalue weighted by Crippen LogP contribution is 2.16. The molecule has 0 radical (unpaired) electrons. The summed E-state index contributed by atoms with van der Waals surface area (Å²) in [5.41, 5.74) is 0.929. The highest BCUT2D eigenvalue weighted by atomic mass is 35.5. The minimum absolute atomic E-state index is 0.0861. The molecule has 0 aromatic heterocycles. The second-order valence-corrected chi connectivity index (χ2v) is 4.41. The van der Waals surface area contributed by atoms with E-state index < -0.39 is 5.82 Å². The number of rotatable bonds is 6. The van der Waals surface area contributed by atoms with Crippen LogP contribution in [0.5, 0.6) is 0 Å². The van der Waals surface area contributed by atoms with Crippen molar-refractivity contribution in [2.24, 2.45) is 0 Å². The summed E-state index contributed by atoms with van der Waals surface area (Å²) in [6, 6.07) is 4.36. The van der Waals surface area contributed by atoms with Crippen LogP contribution < -0.4 is 0 Å². The molecule has 0 spiro atoms. The van der Waals surface area contributed by atoms with E-state index in [1.807, 2.05) is 11.9 Å². The second kappa shape index (κ2) is 6.91. The lowest BCUT2D eigenvalue weighted by Crippen LogP contribution is -2.38. The summed E-state index contributed by atoms with van der Waals surface area (Å²) in [6.45, 7) is 0.488. The lowest BCUT2D eigenvalue weighted by Gasteiger charge is -2.24. The summed E-state index contributed by atoms with van der Waals surface area (Å²) in [7, 11) is 1.82. The van der Waals surface area contributed by atoms with Crippen LogP contribution in [0.1, 0.15) is 5.56 Å². The summed E-state index contributed by atoms with van der Waals surface area (Å²) in [5, 5.41) is 18.1. The van der Waals surface area contributed by atoms with Gasteiger partial charge in [0.05, 0.1) is 24.3 Å². The summed E-state index contributed by atoms with van der Waals surface area (Å²) < 4.78 is 12.9. The topological polar surface area (TPSA) is 43.7 Å². The van der Waals surface area contributed by atoms with Crippen LogP contribution in [0.25, 0.3) is 0 Å². The molecule has 0 saturated heterocycles. The van der Waals surface area contributed by atoms with Crippen LogP contribution in [0.2, 0.25) is 5.02 Å². The van der Waals surface area contributed by atoms with Crippen molar-refractivity contribution >= 4 is 11.6 Å². The number of aliphatic hydroxyl groups excluding tert-OH is 2. The summed E-state index contributed by atoms with van der Waals surface area (Å²) in [4.78, 5) is 1.86. The molecule has 0 bridgehead atoms. The van der Waals surface area contributed by atoms with E-state index in [-0.39, 0.29) is 24.3 Å². The Morgan fingerprint density at radius 1 is 1.35 bits per heavy atom. The van der Waals surface area contributed by atoms with Crippen LogP contribution >= 0.6 is 11.6 Å². The number of halogens is 2. The SMILES string of the molecule is CN(CCc1ccc(F)c(Cl)c1)C(CO)CO. The Morgan fingerprint density at radius 3 is 2.53 bits per heavy atom. The summed E-state index contributed by atoms with van der Waals surface area (Å²) in [5.74, 6) is -0.424. The maximum absolute atomic E-state index is 12.9. The normalized spacial score (nSPS) is 11.5. The highest BCUT2D eigenvalue weighted by Gasteiger charge is 2.12. The fourth-order valence-electron chi connectivity index (χ4n) is 1.52. The Balaban J connectivity index is 2.52. The second-order valence-electron chi connectivity index (χ2n) is 4.00. The molecule has 0 fully saturated rings. The third kappa shape index (κ3) is 4.24. The first kappa shape index (κ1) is 14.4. The lowest BCUT2D eigenvalue weighted by molar-refractivity contribution is 0.0925. The Labute approximate surface area is 105 Å². The van der Waals surface area contributed by atoms with E-state index >= 15 is 0 Å². The molecule has 0 saturated carbocycles. The Hall–Kier alpha value is -0.680. The molecule has 0 aliphatic heterocycles. The molecule has 5 heteroatoms. The number of hydrogen-bond acceptors (Lipinski definition) is 3. The molecule has 96 valence electrons. The highest BCUT2D eigenvalue weighted by molar-refractivity contribution is 6.30. The van der Waals surface area contributed by atoms with Crippen molar-refractivity contribution < 1.29 is 14.6 Å². The van der Waals surface area contributed by atoms with Gasteiger partial charge in [-0.25, -0.2) is 4.39 Å². The van der Waals surface area contributed by atoms with E-state index in [0.29, 0.717) is 13.0 Å². The molecule has 0 aliphatic rings. The van der Waals surface area contributed by atoms with E-state index in [2.05, 4.69) is 0 Å². The van der Waals surface area contributed by atoms with Gasteiger partial charge in [-0.05, 0) is 31.2 Å².